The molecule has 0 aliphatic rings. The van der Waals surface area contributed by atoms with E-state index in [2.05, 4.69) is 30.0 Å². The van der Waals surface area contributed by atoms with Gasteiger partial charge in [-0.15, -0.1) is 0 Å². The Morgan fingerprint density at radius 2 is 2.00 bits per heavy atom. The SMILES string of the molecule is CCc1ccn(C)c1.CS(=O)(=O)O. The molecule has 1 aromatic rings. The van der Waals surface area contributed by atoms with Crippen LogP contribution in [0.5, 0.6) is 0 Å². The second-order valence-corrected chi connectivity index (χ2v) is 4.24. The van der Waals surface area contributed by atoms with E-state index in [9.17, 15) is 8.42 Å². The van der Waals surface area contributed by atoms with Crippen molar-refractivity contribution in [1.29, 1.82) is 0 Å². The van der Waals surface area contributed by atoms with Crippen LogP contribution in [0.1, 0.15) is 12.5 Å². The molecule has 0 saturated carbocycles. The minimum absolute atomic E-state index is 0.715. The van der Waals surface area contributed by atoms with Crippen LogP contribution in [-0.4, -0.2) is 23.8 Å². The summed E-state index contributed by atoms with van der Waals surface area (Å²) in [6, 6.07) is 2.14. The summed E-state index contributed by atoms with van der Waals surface area (Å²) in [5.41, 5.74) is 1.41. The summed E-state index contributed by atoms with van der Waals surface area (Å²) in [6.07, 6.45) is 6.06. The third kappa shape index (κ3) is 9.10. The van der Waals surface area contributed by atoms with Crippen LogP contribution >= 0.6 is 0 Å². The highest BCUT2D eigenvalue weighted by atomic mass is 32.2. The van der Waals surface area contributed by atoms with Crippen LogP contribution in [0.25, 0.3) is 0 Å². The van der Waals surface area contributed by atoms with E-state index in [-0.39, 0.29) is 0 Å². The van der Waals surface area contributed by atoms with E-state index in [0.29, 0.717) is 6.26 Å². The van der Waals surface area contributed by atoms with Crippen molar-refractivity contribution >= 4 is 10.1 Å². The summed E-state index contributed by atoms with van der Waals surface area (Å²) < 4.78 is 27.9. The predicted molar refractivity (Wildman–Crippen MR) is 52.3 cm³/mol. The smallest absolute Gasteiger partial charge is 0.261 e. The Morgan fingerprint density at radius 1 is 1.54 bits per heavy atom. The minimum Gasteiger partial charge on any atom is -0.357 e. The molecule has 0 amide bonds. The fourth-order valence-corrected chi connectivity index (χ4v) is 0.770. The van der Waals surface area contributed by atoms with Gasteiger partial charge in [-0.25, -0.2) is 0 Å². The summed E-state index contributed by atoms with van der Waals surface area (Å²) in [4.78, 5) is 0. The van der Waals surface area contributed by atoms with Crippen LogP contribution < -0.4 is 0 Å². The summed E-state index contributed by atoms with van der Waals surface area (Å²) in [7, 11) is -1.63. The molecular formula is C8H15NO3S. The standard InChI is InChI=1S/C7H11N.CH4O3S/c1-3-7-4-5-8(2)6-7;1-5(2,3)4/h4-6H,3H2,1-2H3;1H3,(H,2,3,4). The molecule has 13 heavy (non-hydrogen) atoms. The van der Waals surface area contributed by atoms with Gasteiger partial charge in [0.25, 0.3) is 10.1 Å². The van der Waals surface area contributed by atoms with Gasteiger partial charge < -0.3 is 4.57 Å². The molecule has 5 heteroatoms. The van der Waals surface area contributed by atoms with Crippen LogP contribution in [-0.2, 0) is 23.6 Å². The van der Waals surface area contributed by atoms with Crippen molar-refractivity contribution in [2.24, 2.45) is 7.05 Å². The predicted octanol–water partition coefficient (Wildman–Crippen LogP) is 1.09. The van der Waals surface area contributed by atoms with Gasteiger partial charge in [0.15, 0.2) is 0 Å². The van der Waals surface area contributed by atoms with E-state index in [0.717, 1.165) is 6.42 Å². The van der Waals surface area contributed by atoms with Gasteiger partial charge in [-0.05, 0) is 18.1 Å². The van der Waals surface area contributed by atoms with Crippen molar-refractivity contribution < 1.29 is 13.0 Å². The van der Waals surface area contributed by atoms with Crippen LogP contribution in [0.3, 0.4) is 0 Å². The Bertz CT molecular complexity index is 332. The van der Waals surface area contributed by atoms with Crippen molar-refractivity contribution in [3.63, 3.8) is 0 Å². The molecule has 0 fully saturated rings. The van der Waals surface area contributed by atoms with Gasteiger partial charge in [-0.2, -0.15) is 8.42 Å². The molecule has 1 heterocycles. The Labute approximate surface area is 78.9 Å². The first-order chi connectivity index (χ1) is 5.83. The Morgan fingerprint density at radius 3 is 2.15 bits per heavy atom. The molecule has 1 N–H and O–H groups in total. The molecule has 0 radical (unpaired) electrons. The fraction of sp³-hybridized carbons (Fsp3) is 0.500. The summed E-state index contributed by atoms with van der Waals surface area (Å²) in [5, 5.41) is 0. The topological polar surface area (TPSA) is 59.3 Å². The number of nitrogens with zero attached hydrogens (tertiary/aromatic N) is 1. The molecule has 0 unspecified atom stereocenters. The monoisotopic (exact) mass is 205 g/mol. The highest BCUT2D eigenvalue weighted by Gasteiger charge is 1.86. The first-order valence-electron chi connectivity index (χ1n) is 3.86. The second-order valence-electron chi connectivity index (χ2n) is 2.77. The molecular weight excluding hydrogens is 190 g/mol. The van der Waals surface area contributed by atoms with Crippen molar-refractivity contribution in [2.75, 3.05) is 6.26 Å². The molecule has 1 aromatic heterocycles. The molecule has 0 spiro atoms. The quantitative estimate of drug-likeness (QED) is 0.698. The number of aryl methyl sites for hydroxylation is 2. The zero-order valence-electron chi connectivity index (χ0n) is 8.06. The largest absolute Gasteiger partial charge is 0.357 e. The molecule has 0 aliphatic heterocycles. The lowest BCUT2D eigenvalue weighted by molar-refractivity contribution is 0.490. The highest BCUT2D eigenvalue weighted by molar-refractivity contribution is 7.85. The first kappa shape index (κ1) is 12.2. The van der Waals surface area contributed by atoms with Crippen LogP contribution in [0.4, 0.5) is 0 Å². The van der Waals surface area contributed by atoms with Gasteiger partial charge >= 0.3 is 0 Å². The zero-order chi connectivity index (χ0) is 10.5. The highest BCUT2D eigenvalue weighted by Crippen LogP contribution is 1.98. The van der Waals surface area contributed by atoms with E-state index in [1.165, 1.54) is 5.56 Å². The van der Waals surface area contributed by atoms with Crippen LogP contribution in [0, 0.1) is 0 Å². The lowest BCUT2D eigenvalue weighted by Gasteiger charge is -1.84. The van der Waals surface area contributed by atoms with E-state index in [4.69, 9.17) is 4.55 Å². The molecule has 0 atom stereocenters. The number of rotatable bonds is 1. The van der Waals surface area contributed by atoms with Crippen LogP contribution in [0.2, 0.25) is 0 Å². The van der Waals surface area contributed by atoms with Gasteiger partial charge in [0.05, 0.1) is 6.26 Å². The van der Waals surface area contributed by atoms with E-state index < -0.39 is 10.1 Å². The van der Waals surface area contributed by atoms with E-state index >= 15 is 0 Å². The Kier molecular flexibility index (Phi) is 4.72. The Balaban J connectivity index is 0.000000252. The summed E-state index contributed by atoms with van der Waals surface area (Å²) in [6.45, 7) is 2.16. The average Bonchev–Trinajstić information content (AvgIpc) is 2.31. The maximum absolute atomic E-state index is 9.19. The van der Waals surface area contributed by atoms with Gasteiger partial charge in [-0.3, -0.25) is 4.55 Å². The van der Waals surface area contributed by atoms with Gasteiger partial charge in [0, 0.05) is 19.4 Å². The number of hydrogen-bond acceptors (Lipinski definition) is 2. The fourth-order valence-electron chi connectivity index (χ4n) is 0.770. The van der Waals surface area contributed by atoms with Gasteiger partial charge in [0.1, 0.15) is 0 Å². The Hall–Kier alpha value is -0.810. The second kappa shape index (κ2) is 5.04. The zero-order valence-corrected chi connectivity index (χ0v) is 8.87. The molecule has 0 bridgehead atoms. The third-order valence-corrected chi connectivity index (χ3v) is 1.30. The maximum Gasteiger partial charge on any atom is 0.261 e. The molecule has 76 valence electrons. The van der Waals surface area contributed by atoms with E-state index in [1.54, 1.807) is 0 Å². The normalized spacial score (nSPS) is 10.5. The number of hydrogen-bond donors (Lipinski definition) is 1. The molecule has 0 aromatic carbocycles. The summed E-state index contributed by atoms with van der Waals surface area (Å²) in [5.74, 6) is 0. The minimum atomic E-state index is -3.67. The van der Waals surface area contributed by atoms with Crippen molar-refractivity contribution in [2.45, 2.75) is 13.3 Å². The molecule has 0 aliphatic carbocycles. The molecule has 4 nitrogen and oxygen atoms in total. The molecule has 0 saturated heterocycles. The van der Waals surface area contributed by atoms with Gasteiger partial charge in [-0.1, -0.05) is 6.92 Å². The lowest BCUT2D eigenvalue weighted by Crippen LogP contribution is -1.88. The number of aromatic nitrogens is 1. The van der Waals surface area contributed by atoms with E-state index in [1.807, 2.05) is 7.05 Å². The molecule has 1 rings (SSSR count). The first-order valence-corrected chi connectivity index (χ1v) is 5.71. The van der Waals surface area contributed by atoms with Crippen molar-refractivity contribution in [1.82, 2.24) is 4.57 Å². The third-order valence-electron chi connectivity index (χ3n) is 1.30. The average molecular weight is 205 g/mol. The van der Waals surface area contributed by atoms with Crippen molar-refractivity contribution in [3.05, 3.63) is 24.0 Å². The lowest BCUT2D eigenvalue weighted by atomic mass is 10.3. The maximum atomic E-state index is 9.19. The summed E-state index contributed by atoms with van der Waals surface area (Å²) >= 11 is 0. The van der Waals surface area contributed by atoms with Crippen LogP contribution in [0.15, 0.2) is 18.5 Å². The van der Waals surface area contributed by atoms with Crippen molar-refractivity contribution in [3.8, 4) is 0 Å². The van der Waals surface area contributed by atoms with Gasteiger partial charge in [0.2, 0.25) is 0 Å².